The van der Waals surface area contributed by atoms with Crippen LogP contribution in [0.5, 0.6) is 0 Å². The van der Waals surface area contributed by atoms with Gasteiger partial charge < -0.3 is 0 Å². The zero-order valence-electron chi connectivity index (χ0n) is 32.7. The predicted octanol–water partition coefficient (Wildman–Crippen LogP) is 13.5. The van der Waals surface area contributed by atoms with Gasteiger partial charge in [-0.15, -0.1) is 0 Å². The van der Waals surface area contributed by atoms with Crippen LogP contribution in [-0.4, -0.2) is 0 Å². The first kappa shape index (κ1) is 35.1. The summed E-state index contributed by atoms with van der Waals surface area (Å²) in [6, 6.07) is 82.4. The maximum Gasteiger partial charge on any atom is 0.100 e. The molecule has 278 valence electrons. The molecule has 0 fully saturated rings. The fourth-order valence-electron chi connectivity index (χ4n) is 10.5. The molecular formula is C58H36N2. The number of hydrogen-bond acceptors (Lipinski definition) is 2. The summed E-state index contributed by atoms with van der Waals surface area (Å²) in [6.45, 7) is 0. The average molecular weight is 761 g/mol. The van der Waals surface area contributed by atoms with Crippen molar-refractivity contribution >= 4 is 0 Å². The van der Waals surface area contributed by atoms with Crippen molar-refractivity contribution in [3.63, 3.8) is 0 Å². The van der Waals surface area contributed by atoms with Gasteiger partial charge in [-0.05, 0) is 102 Å². The second kappa shape index (κ2) is 13.8. The van der Waals surface area contributed by atoms with E-state index in [1.165, 1.54) is 44.5 Å². The van der Waals surface area contributed by atoms with Crippen molar-refractivity contribution in [2.24, 2.45) is 0 Å². The molecule has 0 saturated heterocycles. The van der Waals surface area contributed by atoms with Crippen molar-refractivity contribution in [2.45, 2.75) is 10.8 Å². The number of rotatable bonds is 6. The summed E-state index contributed by atoms with van der Waals surface area (Å²) >= 11 is 0. The highest BCUT2D eigenvalue weighted by Gasteiger charge is 2.47. The maximum absolute atomic E-state index is 11.1. The lowest BCUT2D eigenvalue weighted by molar-refractivity contribution is 0.768. The molecular weight excluding hydrogens is 725 g/mol. The normalized spacial score (nSPS) is 13.6. The van der Waals surface area contributed by atoms with E-state index in [4.69, 9.17) is 0 Å². The third-order valence-electron chi connectivity index (χ3n) is 12.9. The molecule has 0 aromatic heterocycles. The summed E-state index contributed by atoms with van der Waals surface area (Å²) < 4.78 is 0. The molecule has 2 aliphatic rings. The van der Waals surface area contributed by atoms with Gasteiger partial charge in [-0.25, -0.2) is 0 Å². The van der Waals surface area contributed by atoms with Gasteiger partial charge in [0.15, 0.2) is 0 Å². The van der Waals surface area contributed by atoms with Crippen LogP contribution in [0.4, 0.5) is 0 Å². The lowest BCUT2D eigenvalue weighted by Gasteiger charge is -2.34. The third-order valence-corrected chi connectivity index (χ3v) is 12.9. The molecule has 0 amide bonds. The van der Waals surface area contributed by atoms with Gasteiger partial charge in [-0.3, -0.25) is 0 Å². The summed E-state index contributed by atoms with van der Waals surface area (Å²) in [5, 5.41) is 21.6. The zero-order chi connectivity index (χ0) is 40.3. The Balaban J connectivity index is 1.12. The Morgan fingerprint density at radius 2 is 0.617 bits per heavy atom. The first-order valence-electron chi connectivity index (χ1n) is 20.4. The van der Waals surface area contributed by atoms with Crippen molar-refractivity contribution in [1.82, 2.24) is 0 Å². The summed E-state index contributed by atoms with van der Waals surface area (Å²) in [5.74, 6) is 0. The topological polar surface area (TPSA) is 47.6 Å². The molecule has 0 spiro atoms. The minimum Gasteiger partial charge on any atom is -0.192 e. The molecule has 11 rings (SSSR count). The maximum atomic E-state index is 11.1. The summed E-state index contributed by atoms with van der Waals surface area (Å²) in [7, 11) is 0. The Bertz CT molecular complexity index is 2920. The highest BCUT2D eigenvalue weighted by Crippen LogP contribution is 2.58. The number of benzene rings is 9. The van der Waals surface area contributed by atoms with E-state index in [0.717, 1.165) is 44.5 Å². The van der Waals surface area contributed by atoms with Crippen molar-refractivity contribution in [3.8, 4) is 56.6 Å². The Labute approximate surface area is 350 Å². The molecule has 0 aliphatic heterocycles. The number of hydrogen-bond donors (Lipinski definition) is 0. The lowest BCUT2D eigenvalue weighted by Crippen LogP contribution is -2.28. The SMILES string of the molecule is N#Cc1cc(-c2ccc3c(c2)-c2ccccc2C3(c2ccccc2)c2ccccc2)c(C#N)c(-c2ccc3c(c2)-c2ccccc2C3(c2ccccc2)c2ccccc2)c1. The van der Waals surface area contributed by atoms with Crippen molar-refractivity contribution in [2.75, 3.05) is 0 Å². The quantitative estimate of drug-likeness (QED) is 0.169. The van der Waals surface area contributed by atoms with E-state index >= 15 is 0 Å². The van der Waals surface area contributed by atoms with Crippen molar-refractivity contribution < 1.29 is 0 Å². The van der Waals surface area contributed by atoms with Crippen LogP contribution in [0.3, 0.4) is 0 Å². The summed E-state index contributed by atoms with van der Waals surface area (Å²) in [5.41, 5.74) is 17.5. The molecule has 0 unspecified atom stereocenters. The minimum absolute atomic E-state index is 0.506. The molecule has 2 aliphatic carbocycles. The van der Waals surface area contributed by atoms with Crippen LogP contribution in [0.2, 0.25) is 0 Å². The van der Waals surface area contributed by atoms with Gasteiger partial charge in [0.2, 0.25) is 0 Å². The van der Waals surface area contributed by atoms with Gasteiger partial charge in [0.1, 0.15) is 6.07 Å². The van der Waals surface area contributed by atoms with Gasteiger partial charge in [0, 0.05) is 11.1 Å². The van der Waals surface area contributed by atoms with E-state index in [0.29, 0.717) is 11.1 Å². The zero-order valence-corrected chi connectivity index (χ0v) is 32.7. The number of nitriles is 2. The molecule has 60 heavy (non-hydrogen) atoms. The standard InChI is InChI=1S/C58H36N2/c59-37-39-33-48(40-29-31-55-50(35-40)46-25-13-15-27-53(46)57(55,42-17-5-1-6-18-42)43-19-7-2-8-20-43)52(38-60)49(34-39)41-30-32-56-51(36-41)47-26-14-16-28-54(47)58(56,44-21-9-3-10-22-44)45-23-11-4-12-24-45/h1-36H. The summed E-state index contributed by atoms with van der Waals surface area (Å²) in [4.78, 5) is 0. The molecule has 0 bridgehead atoms. The van der Waals surface area contributed by atoms with E-state index in [-0.39, 0.29) is 0 Å². The highest BCUT2D eigenvalue weighted by molar-refractivity contribution is 5.93. The second-order valence-corrected chi connectivity index (χ2v) is 15.7. The molecule has 0 radical (unpaired) electrons. The number of fused-ring (bicyclic) bond motifs is 6. The van der Waals surface area contributed by atoms with Crippen LogP contribution in [0, 0.1) is 22.7 Å². The van der Waals surface area contributed by atoms with Gasteiger partial charge >= 0.3 is 0 Å². The first-order chi connectivity index (χ1) is 29.7. The Kier molecular flexibility index (Phi) is 8.09. The van der Waals surface area contributed by atoms with Crippen LogP contribution in [0.25, 0.3) is 44.5 Å². The molecule has 0 saturated carbocycles. The van der Waals surface area contributed by atoms with E-state index in [1.807, 2.05) is 12.1 Å². The van der Waals surface area contributed by atoms with Gasteiger partial charge in [0.25, 0.3) is 0 Å². The van der Waals surface area contributed by atoms with Gasteiger partial charge in [0.05, 0.1) is 28.0 Å². The molecule has 2 heteroatoms. The van der Waals surface area contributed by atoms with Crippen molar-refractivity contribution in [1.29, 1.82) is 10.5 Å². The Morgan fingerprint density at radius 1 is 0.283 bits per heavy atom. The fourth-order valence-corrected chi connectivity index (χ4v) is 10.5. The second-order valence-electron chi connectivity index (χ2n) is 15.7. The van der Waals surface area contributed by atoms with Gasteiger partial charge in [-0.2, -0.15) is 10.5 Å². The van der Waals surface area contributed by atoms with Crippen LogP contribution >= 0.6 is 0 Å². The monoisotopic (exact) mass is 760 g/mol. The Morgan fingerprint density at radius 3 is 0.967 bits per heavy atom. The molecule has 9 aromatic rings. The van der Waals surface area contributed by atoms with Crippen LogP contribution in [0.1, 0.15) is 55.6 Å². The third kappa shape index (κ3) is 4.92. The lowest BCUT2D eigenvalue weighted by atomic mass is 9.67. The van der Waals surface area contributed by atoms with Crippen LogP contribution in [-0.2, 0) is 10.8 Å². The van der Waals surface area contributed by atoms with E-state index < -0.39 is 10.8 Å². The van der Waals surface area contributed by atoms with Crippen molar-refractivity contribution in [3.05, 3.63) is 274 Å². The smallest absolute Gasteiger partial charge is 0.100 e. The van der Waals surface area contributed by atoms with Crippen LogP contribution in [0.15, 0.2) is 218 Å². The molecule has 0 heterocycles. The minimum atomic E-state index is -0.528. The highest BCUT2D eigenvalue weighted by atomic mass is 14.5. The first-order valence-corrected chi connectivity index (χ1v) is 20.4. The number of nitrogens with zero attached hydrogens (tertiary/aromatic N) is 2. The van der Waals surface area contributed by atoms with E-state index in [9.17, 15) is 10.5 Å². The summed E-state index contributed by atoms with van der Waals surface area (Å²) in [6.07, 6.45) is 0. The van der Waals surface area contributed by atoms with E-state index in [1.54, 1.807) is 0 Å². The average Bonchev–Trinajstić information content (AvgIpc) is 3.80. The Hall–Kier alpha value is -8.04. The predicted molar refractivity (Wildman–Crippen MR) is 241 cm³/mol. The van der Waals surface area contributed by atoms with Crippen LogP contribution < -0.4 is 0 Å². The fraction of sp³-hybridized carbons (Fsp3) is 0.0345. The molecule has 9 aromatic carbocycles. The molecule has 0 atom stereocenters. The molecule has 2 nitrogen and oxygen atoms in total. The molecule has 0 N–H and O–H groups in total. The van der Waals surface area contributed by atoms with Gasteiger partial charge in [-0.1, -0.05) is 194 Å². The van der Waals surface area contributed by atoms with E-state index in [2.05, 4.69) is 218 Å². The largest absolute Gasteiger partial charge is 0.192 e.